The van der Waals surface area contributed by atoms with Gasteiger partial charge in [0.2, 0.25) is 5.01 Å². The first kappa shape index (κ1) is 21.8. The van der Waals surface area contributed by atoms with Crippen molar-refractivity contribution >= 4 is 34.6 Å². The molecule has 4 rings (SSSR count). The molecule has 166 valence electrons. The van der Waals surface area contributed by atoms with Crippen molar-refractivity contribution in [3.05, 3.63) is 64.1 Å². The van der Waals surface area contributed by atoms with E-state index in [-0.39, 0.29) is 17.9 Å². The van der Waals surface area contributed by atoms with E-state index in [4.69, 9.17) is 4.74 Å². The maximum atomic E-state index is 12.8. The molecule has 1 saturated heterocycles. The van der Waals surface area contributed by atoms with Crippen LogP contribution in [0, 0.1) is 6.92 Å². The summed E-state index contributed by atoms with van der Waals surface area (Å²) >= 11 is 1.28. The van der Waals surface area contributed by atoms with Gasteiger partial charge >= 0.3 is 6.03 Å². The van der Waals surface area contributed by atoms with E-state index in [0.29, 0.717) is 29.5 Å². The zero-order valence-corrected chi connectivity index (χ0v) is 18.8. The molecule has 2 aromatic carbocycles. The number of nitrogens with one attached hydrogen (secondary N) is 2. The lowest BCUT2D eigenvalue weighted by Gasteiger charge is -2.31. The molecule has 0 radical (unpaired) electrons. The molecule has 9 heteroatoms. The van der Waals surface area contributed by atoms with Crippen LogP contribution in [0.1, 0.15) is 39.1 Å². The van der Waals surface area contributed by atoms with Crippen LogP contribution in [0.4, 0.5) is 16.2 Å². The molecule has 1 aliphatic heterocycles. The summed E-state index contributed by atoms with van der Waals surface area (Å²) in [5.41, 5.74) is 2.52. The third-order valence-corrected chi connectivity index (χ3v) is 6.41. The Morgan fingerprint density at radius 2 is 1.91 bits per heavy atom. The van der Waals surface area contributed by atoms with Gasteiger partial charge in [-0.3, -0.25) is 4.79 Å². The van der Waals surface area contributed by atoms with E-state index in [0.717, 1.165) is 29.1 Å². The minimum atomic E-state index is -0.277. The van der Waals surface area contributed by atoms with Crippen molar-refractivity contribution < 1.29 is 14.3 Å². The van der Waals surface area contributed by atoms with Crippen LogP contribution < -0.4 is 15.4 Å². The molecule has 1 aliphatic rings. The number of anilines is 2. The van der Waals surface area contributed by atoms with Crippen molar-refractivity contribution in [2.24, 2.45) is 0 Å². The number of rotatable bonds is 5. The van der Waals surface area contributed by atoms with Crippen LogP contribution in [0.15, 0.2) is 48.5 Å². The van der Waals surface area contributed by atoms with E-state index in [1.54, 1.807) is 18.1 Å². The minimum absolute atomic E-state index is 0.0539. The number of nitrogens with zero attached hydrogens (tertiary/aromatic N) is 3. The highest BCUT2D eigenvalue weighted by Gasteiger charge is 2.28. The highest BCUT2D eigenvalue weighted by Crippen LogP contribution is 2.30. The number of carbonyl (C=O) groups is 2. The lowest BCUT2D eigenvalue weighted by molar-refractivity contribution is 0.102. The van der Waals surface area contributed by atoms with Gasteiger partial charge in [-0.25, -0.2) is 4.79 Å². The molecule has 3 aromatic rings. The van der Waals surface area contributed by atoms with Crippen LogP contribution >= 0.6 is 11.3 Å². The average Bonchev–Trinajstić information content (AvgIpc) is 3.31. The van der Waals surface area contributed by atoms with E-state index in [9.17, 15) is 9.59 Å². The Hall–Kier alpha value is -3.46. The summed E-state index contributed by atoms with van der Waals surface area (Å²) in [6.07, 6.45) is 1.76. The van der Waals surface area contributed by atoms with Crippen LogP contribution in [0.5, 0.6) is 5.75 Å². The van der Waals surface area contributed by atoms with Gasteiger partial charge in [0.25, 0.3) is 5.91 Å². The molecular weight excluding hydrogens is 426 g/mol. The Labute approximate surface area is 190 Å². The molecule has 2 heterocycles. The molecule has 2 N–H and O–H groups in total. The summed E-state index contributed by atoms with van der Waals surface area (Å²) in [5.74, 6) is 0.462. The Morgan fingerprint density at radius 1 is 1.09 bits per heavy atom. The standard InChI is InChI=1S/C23H25N5O3S/c1-15-8-10-17(11-9-15)24-20(29)22-27-26-21(32-22)16-5-4-12-28(14-16)23(30)25-18-6-3-7-19(13-18)31-2/h3,6-11,13,16H,4-5,12,14H2,1-2H3,(H,24,29)(H,25,30)/t16-/m1/s1. The number of benzene rings is 2. The fourth-order valence-electron chi connectivity index (χ4n) is 3.58. The molecule has 0 saturated carbocycles. The molecule has 0 bridgehead atoms. The van der Waals surface area contributed by atoms with Crippen molar-refractivity contribution in [2.75, 3.05) is 30.8 Å². The maximum absolute atomic E-state index is 12.8. The third-order valence-electron chi connectivity index (χ3n) is 5.32. The second-order valence-electron chi connectivity index (χ2n) is 7.71. The smallest absolute Gasteiger partial charge is 0.321 e. The molecule has 1 fully saturated rings. The SMILES string of the molecule is COc1cccc(NC(=O)N2CCC[C@@H](c3nnc(C(=O)Nc4ccc(C)cc4)s3)C2)c1. The topological polar surface area (TPSA) is 96.4 Å². The van der Waals surface area contributed by atoms with Crippen LogP contribution in [-0.2, 0) is 0 Å². The van der Waals surface area contributed by atoms with Crippen LogP contribution in [0.3, 0.4) is 0 Å². The number of likely N-dealkylation sites (tertiary alicyclic amines) is 1. The molecule has 32 heavy (non-hydrogen) atoms. The van der Waals surface area contributed by atoms with E-state index in [2.05, 4.69) is 20.8 Å². The number of hydrogen-bond acceptors (Lipinski definition) is 6. The maximum Gasteiger partial charge on any atom is 0.321 e. The fourth-order valence-corrected chi connectivity index (χ4v) is 4.44. The predicted octanol–water partition coefficient (Wildman–Crippen LogP) is 4.52. The van der Waals surface area contributed by atoms with Gasteiger partial charge in [0, 0.05) is 36.4 Å². The van der Waals surface area contributed by atoms with E-state index in [1.807, 2.05) is 49.4 Å². The summed E-state index contributed by atoms with van der Waals surface area (Å²) in [7, 11) is 1.59. The minimum Gasteiger partial charge on any atom is -0.497 e. The van der Waals surface area contributed by atoms with E-state index >= 15 is 0 Å². The normalized spacial score (nSPS) is 15.8. The molecule has 0 aliphatic carbocycles. The number of ether oxygens (including phenoxy) is 1. The number of piperidine rings is 1. The van der Waals surface area contributed by atoms with Gasteiger partial charge in [-0.2, -0.15) is 0 Å². The lowest BCUT2D eigenvalue weighted by Crippen LogP contribution is -2.41. The Balaban J connectivity index is 1.38. The van der Waals surface area contributed by atoms with Gasteiger partial charge < -0.3 is 20.3 Å². The van der Waals surface area contributed by atoms with Crippen LogP contribution in [0.25, 0.3) is 0 Å². The predicted molar refractivity (Wildman–Crippen MR) is 125 cm³/mol. The van der Waals surface area contributed by atoms with Crippen molar-refractivity contribution in [1.29, 1.82) is 0 Å². The average molecular weight is 452 g/mol. The number of aromatic nitrogens is 2. The molecule has 0 unspecified atom stereocenters. The highest BCUT2D eigenvalue weighted by atomic mass is 32.1. The third kappa shape index (κ3) is 5.23. The first-order chi connectivity index (χ1) is 15.5. The number of aryl methyl sites for hydroxylation is 1. The number of carbonyl (C=O) groups excluding carboxylic acids is 2. The van der Waals surface area contributed by atoms with Crippen LogP contribution in [-0.4, -0.2) is 47.2 Å². The summed E-state index contributed by atoms with van der Waals surface area (Å²) in [4.78, 5) is 27.1. The quantitative estimate of drug-likeness (QED) is 0.595. The zero-order chi connectivity index (χ0) is 22.5. The fraction of sp³-hybridized carbons (Fsp3) is 0.304. The van der Waals surface area contributed by atoms with Gasteiger partial charge in [-0.1, -0.05) is 35.1 Å². The lowest BCUT2D eigenvalue weighted by atomic mass is 9.99. The largest absolute Gasteiger partial charge is 0.497 e. The second kappa shape index (κ2) is 9.78. The molecule has 8 nitrogen and oxygen atoms in total. The summed E-state index contributed by atoms with van der Waals surface area (Å²) in [6, 6.07) is 14.7. The Bertz CT molecular complexity index is 1100. The van der Waals surface area contributed by atoms with E-state index in [1.165, 1.54) is 11.3 Å². The first-order valence-electron chi connectivity index (χ1n) is 10.4. The van der Waals surface area contributed by atoms with Crippen molar-refractivity contribution in [2.45, 2.75) is 25.7 Å². The first-order valence-corrected chi connectivity index (χ1v) is 11.2. The molecule has 1 aromatic heterocycles. The van der Waals surface area contributed by atoms with Gasteiger partial charge in [0.15, 0.2) is 0 Å². The molecule has 1 atom stereocenters. The second-order valence-corrected chi connectivity index (χ2v) is 8.72. The number of amides is 3. The van der Waals surface area contributed by atoms with E-state index < -0.39 is 0 Å². The van der Waals surface area contributed by atoms with Crippen molar-refractivity contribution in [1.82, 2.24) is 15.1 Å². The molecular formula is C23H25N5O3S. The zero-order valence-electron chi connectivity index (χ0n) is 18.0. The summed E-state index contributed by atoms with van der Waals surface area (Å²) in [5, 5.41) is 15.2. The van der Waals surface area contributed by atoms with Crippen molar-refractivity contribution in [3.8, 4) is 5.75 Å². The molecule has 3 amide bonds. The van der Waals surface area contributed by atoms with Gasteiger partial charge in [-0.15, -0.1) is 10.2 Å². The van der Waals surface area contributed by atoms with Crippen LogP contribution in [0.2, 0.25) is 0 Å². The van der Waals surface area contributed by atoms with Gasteiger partial charge in [0.1, 0.15) is 10.8 Å². The van der Waals surface area contributed by atoms with Gasteiger partial charge in [0.05, 0.1) is 7.11 Å². The van der Waals surface area contributed by atoms with Gasteiger partial charge in [-0.05, 0) is 44.0 Å². The monoisotopic (exact) mass is 451 g/mol. The Kier molecular flexibility index (Phi) is 6.65. The number of hydrogen-bond donors (Lipinski definition) is 2. The highest BCUT2D eigenvalue weighted by molar-refractivity contribution is 7.13. The number of methoxy groups -OCH3 is 1. The summed E-state index contributed by atoms with van der Waals surface area (Å²) in [6.45, 7) is 3.20. The summed E-state index contributed by atoms with van der Waals surface area (Å²) < 4.78 is 5.21. The Morgan fingerprint density at radius 3 is 2.69 bits per heavy atom. The molecule has 0 spiro atoms. The number of urea groups is 1. The van der Waals surface area contributed by atoms with Crippen molar-refractivity contribution in [3.63, 3.8) is 0 Å².